The van der Waals surface area contributed by atoms with E-state index in [4.69, 9.17) is 14.2 Å². The molecule has 3 unspecified atom stereocenters. The van der Waals surface area contributed by atoms with Crippen LogP contribution in [0.4, 0.5) is 0 Å². The number of ether oxygens (including phenoxy) is 3. The van der Waals surface area contributed by atoms with Crippen LogP contribution >= 0.6 is 0 Å². The number of aliphatic hydroxyl groups is 5. The van der Waals surface area contributed by atoms with Gasteiger partial charge in [-0.1, -0.05) is 37.3 Å². The SMILES string of the molecule is C[C@]12CCC3c4cc(O[C@@H]5O[C@H](CO)[C@@H](O)[C@H](O)[C@H]5O)c(OCc5ccccc5)cc4CCC3C1CC[C@H]2O. The molecule has 0 spiro atoms. The average Bonchev–Trinajstić information content (AvgIpc) is 3.26. The van der Waals surface area contributed by atoms with Crippen LogP contribution in [0.5, 0.6) is 11.5 Å². The van der Waals surface area contributed by atoms with E-state index in [1.165, 1.54) is 11.1 Å². The summed E-state index contributed by atoms with van der Waals surface area (Å²) in [5.74, 6) is 2.24. The zero-order chi connectivity index (χ0) is 27.3. The second kappa shape index (κ2) is 10.7. The van der Waals surface area contributed by atoms with Crippen LogP contribution in [0.1, 0.15) is 61.6 Å². The summed E-state index contributed by atoms with van der Waals surface area (Å²) in [6.07, 6.45) is -1.19. The number of hydrogen-bond acceptors (Lipinski definition) is 8. The maximum Gasteiger partial charge on any atom is 0.229 e. The molecule has 212 valence electrons. The molecule has 2 saturated carbocycles. The minimum Gasteiger partial charge on any atom is -0.485 e. The van der Waals surface area contributed by atoms with Crippen LogP contribution in [-0.4, -0.2) is 68.9 Å². The van der Waals surface area contributed by atoms with Crippen molar-refractivity contribution in [3.63, 3.8) is 0 Å². The first-order chi connectivity index (χ1) is 18.8. The molecule has 2 aromatic carbocycles. The first kappa shape index (κ1) is 27.0. The van der Waals surface area contributed by atoms with E-state index in [0.717, 1.165) is 44.1 Å². The molecule has 5 N–H and O–H groups in total. The molecule has 0 aromatic heterocycles. The Balaban J connectivity index is 1.32. The summed E-state index contributed by atoms with van der Waals surface area (Å²) in [7, 11) is 0. The molecule has 8 heteroatoms. The van der Waals surface area contributed by atoms with Gasteiger partial charge in [0.2, 0.25) is 6.29 Å². The van der Waals surface area contributed by atoms with Crippen LogP contribution in [-0.2, 0) is 17.8 Å². The molecular weight excluding hydrogens is 500 g/mol. The van der Waals surface area contributed by atoms with Crippen molar-refractivity contribution in [2.45, 2.75) is 94.8 Å². The fourth-order valence-corrected chi connectivity index (χ4v) is 7.78. The summed E-state index contributed by atoms with van der Waals surface area (Å²) < 4.78 is 18.1. The van der Waals surface area contributed by atoms with Gasteiger partial charge in [0.05, 0.1) is 12.7 Å². The Labute approximate surface area is 229 Å². The summed E-state index contributed by atoms with van der Waals surface area (Å²) in [5, 5.41) is 51.6. The number of rotatable bonds is 6. The van der Waals surface area contributed by atoms with Crippen LogP contribution in [0.15, 0.2) is 42.5 Å². The topological polar surface area (TPSA) is 129 Å². The fraction of sp³-hybridized carbons (Fsp3) is 0.613. The molecular formula is C31H40O8. The Hall–Kier alpha value is -2.20. The number of aryl methyl sites for hydroxylation is 1. The summed E-state index contributed by atoms with van der Waals surface area (Å²) in [6.45, 7) is 2.06. The molecule has 3 fully saturated rings. The van der Waals surface area contributed by atoms with Gasteiger partial charge in [-0.3, -0.25) is 0 Å². The van der Waals surface area contributed by atoms with E-state index in [-0.39, 0.29) is 11.5 Å². The van der Waals surface area contributed by atoms with Gasteiger partial charge in [0.1, 0.15) is 31.0 Å². The molecule has 0 radical (unpaired) electrons. The van der Waals surface area contributed by atoms with Crippen molar-refractivity contribution in [1.29, 1.82) is 0 Å². The predicted molar refractivity (Wildman–Crippen MR) is 142 cm³/mol. The molecule has 1 saturated heterocycles. The Bertz CT molecular complexity index is 1150. The first-order valence-electron chi connectivity index (χ1n) is 14.3. The number of hydrogen-bond donors (Lipinski definition) is 5. The summed E-state index contributed by atoms with van der Waals surface area (Å²) in [4.78, 5) is 0. The van der Waals surface area contributed by atoms with E-state index >= 15 is 0 Å². The zero-order valence-electron chi connectivity index (χ0n) is 22.4. The van der Waals surface area contributed by atoms with Gasteiger partial charge in [-0.2, -0.15) is 0 Å². The summed E-state index contributed by atoms with van der Waals surface area (Å²) in [5.41, 5.74) is 3.41. The minimum atomic E-state index is -1.53. The van der Waals surface area contributed by atoms with Crippen molar-refractivity contribution in [2.24, 2.45) is 17.3 Å². The molecule has 39 heavy (non-hydrogen) atoms. The predicted octanol–water partition coefficient (Wildman–Crippen LogP) is 2.66. The third-order valence-electron chi connectivity index (χ3n) is 10.1. The monoisotopic (exact) mass is 540 g/mol. The van der Waals surface area contributed by atoms with Crippen molar-refractivity contribution >= 4 is 0 Å². The van der Waals surface area contributed by atoms with E-state index < -0.39 is 37.3 Å². The largest absolute Gasteiger partial charge is 0.485 e. The second-order valence-electron chi connectivity index (χ2n) is 12.1. The van der Waals surface area contributed by atoms with Gasteiger partial charge >= 0.3 is 0 Å². The summed E-state index contributed by atoms with van der Waals surface area (Å²) >= 11 is 0. The van der Waals surface area contributed by atoms with Crippen molar-refractivity contribution in [3.05, 3.63) is 59.2 Å². The van der Waals surface area contributed by atoms with E-state index in [1.54, 1.807) is 0 Å². The lowest BCUT2D eigenvalue weighted by atomic mass is 9.55. The Morgan fingerprint density at radius 1 is 0.923 bits per heavy atom. The second-order valence-corrected chi connectivity index (χ2v) is 12.1. The van der Waals surface area contributed by atoms with Gasteiger partial charge in [0.25, 0.3) is 0 Å². The van der Waals surface area contributed by atoms with Crippen LogP contribution in [0, 0.1) is 17.3 Å². The van der Waals surface area contributed by atoms with E-state index in [1.807, 2.05) is 42.5 Å². The van der Waals surface area contributed by atoms with Crippen LogP contribution < -0.4 is 9.47 Å². The highest BCUT2D eigenvalue weighted by atomic mass is 16.7. The highest BCUT2D eigenvalue weighted by Gasteiger charge is 2.54. The normalized spacial score (nSPS) is 39.4. The van der Waals surface area contributed by atoms with Crippen LogP contribution in [0.3, 0.4) is 0 Å². The van der Waals surface area contributed by atoms with E-state index in [0.29, 0.717) is 35.9 Å². The summed E-state index contributed by atoms with van der Waals surface area (Å²) in [6, 6.07) is 13.9. The quantitative estimate of drug-likeness (QED) is 0.378. The van der Waals surface area contributed by atoms with E-state index in [2.05, 4.69) is 6.92 Å². The highest BCUT2D eigenvalue weighted by molar-refractivity contribution is 5.50. The molecule has 10 atom stereocenters. The Kier molecular flexibility index (Phi) is 7.37. The van der Waals surface area contributed by atoms with Crippen LogP contribution in [0.2, 0.25) is 0 Å². The van der Waals surface area contributed by atoms with Crippen molar-refractivity contribution in [3.8, 4) is 11.5 Å². The van der Waals surface area contributed by atoms with Gasteiger partial charge in [-0.05, 0) is 90.5 Å². The third-order valence-corrected chi connectivity index (χ3v) is 10.1. The zero-order valence-corrected chi connectivity index (χ0v) is 22.4. The van der Waals surface area contributed by atoms with Gasteiger partial charge in [0, 0.05) is 0 Å². The number of benzene rings is 2. The lowest BCUT2D eigenvalue weighted by Gasteiger charge is -2.50. The molecule has 1 heterocycles. The van der Waals surface area contributed by atoms with Crippen molar-refractivity contribution in [1.82, 2.24) is 0 Å². The molecule has 4 aliphatic rings. The fourth-order valence-electron chi connectivity index (χ4n) is 7.78. The lowest BCUT2D eigenvalue weighted by molar-refractivity contribution is -0.277. The minimum absolute atomic E-state index is 0.0208. The molecule has 2 aromatic rings. The Morgan fingerprint density at radius 3 is 2.49 bits per heavy atom. The van der Waals surface area contributed by atoms with Gasteiger partial charge in [-0.15, -0.1) is 0 Å². The Morgan fingerprint density at radius 2 is 1.72 bits per heavy atom. The van der Waals surface area contributed by atoms with E-state index in [9.17, 15) is 25.5 Å². The molecule has 3 aliphatic carbocycles. The standard InChI is InChI=1S/C31H40O8/c1-31-12-11-19-20(22(31)9-10-26(31)33)8-7-18-13-23(37-16-17-5-3-2-4-6-17)24(14-21(18)19)38-30-29(36)28(35)27(34)25(15-32)39-30/h2-6,13-14,19-20,22,25-30,32-36H,7-12,15-16H2,1H3/t19?,20?,22?,25-,26-,27-,28+,29-,30-,31+/m1/s1. The maximum absolute atomic E-state index is 10.8. The molecule has 6 rings (SSSR count). The molecule has 1 aliphatic heterocycles. The van der Waals surface area contributed by atoms with Crippen molar-refractivity contribution in [2.75, 3.05) is 6.61 Å². The maximum atomic E-state index is 10.8. The first-order valence-corrected chi connectivity index (χ1v) is 14.3. The molecule has 0 bridgehead atoms. The van der Waals surface area contributed by atoms with Gasteiger partial charge < -0.3 is 39.7 Å². The number of aliphatic hydroxyl groups excluding tert-OH is 5. The van der Waals surface area contributed by atoms with Gasteiger partial charge in [0.15, 0.2) is 11.5 Å². The molecule has 0 amide bonds. The number of fused-ring (bicyclic) bond motifs is 5. The highest BCUT2D eigenvalue weighted by Crippen LogP contribution is 2.61. The van der Waals surface area contributed by atoms with Gasteiger partial charge in [-0.25, -0.2) is 0 Å². The average molecular weight is 541 g/mol. The van der Waals surface area contributed by atoms with Crippen LogP contribution in [0.25, 0.3) is 0 Å². The lowest BCUT2D eigenvalue weighted by Crippen LogP contribution is -2.60. The van der Waals surface area contributed by atoms with Crippen molar-refractivity contribution < 1.29 is 39.7 Å². The third kappa shape index (κ3) is 4.75. The molecule has 8 nitrogen and oxygen atoms in total. The smallest absolute Gasteiger partial charge is 0.229 e.